The number of halogens is 1. The molecule has 0 atom stereocenters. The molecule has 0 saturated carbocycles. The van der Waals surface area contributed by atoms with Gasteiger partial charge in [0.1, 0.15) is 0 Å². The molecule has 0 aromatic heterocycles. The smallest absolute Gasteiger partial charge is 0.315 e. The fourth-order valence-electron chi connectivity index (χ4n) is 1.87. The Labute approximate surface area is 134 Å². The van der Waals surface area contributed by atoms with Crippen LogP contribution in [0.25, 0.3) is 0 Å². The van der Waals surface area contributed by atoms with Crippen LogP contribution in [0.3, 0.4) is 0 Å². The zero-order chi connectivity index (χ0) is 17.8. The Hall–Kier alpha value is -1.78. The van der Waals surface area contributed by atoms with Crippen LogP contribution in [0.4, 0.5) is 10.1 Å². The molecule has 3 N–H and O–H groups in total. The Balaban J connectivity index is 3.22. The highest BCUT2D eigenvalue weighted by atomic mass is 32.2. The Kier molecular flexibility index (Phi) is 6.03. The lowest BCUT2D eigenvalue weighted by atomic mass is 9.95. The zero-order valence-corrected chi connectivity index (χ0v) is 13.9. The molecule has 0 unspecified atom stereocenters. The maximum atomic E-state index is 13.9. The van der Waals surface area contributed by atoms with Crippen LogP contribution < -0.4 is 15.2 Å². The Morgan fingerprint density at radius 1 is 1.39 bits per heavy atom. The lowest BCUT2D eigenvalue weighted by Gasteiger charge is -2.26. The first-order valence-electron chi connectivity index (χ1n) is 6.90. The highest BCUT2D eigenvalue weighted by Gasteiger charge is 2.28. The fraction of sp³-hybridized carbons (Fsp3) is 0.538. The van der Waals surface area contributed by atoms with Gasteiger partial charge in [-0.2, -0.15) is 0 Å². The highest BCUT2D eigenvalue weighted by Crippen LogP contribution is 2.32. The first kappa shape index (κ1) is 19.3. The summed E-state index contributed by atoms with van der Waals surface area (Å²) in [4.78, 5) is 9.48. The lowest BCUT2D eigenvalue weighted by molar-refractivity contribution is -0.386. The van der Waals surface area contributed by atoms with Crippen LogP contribution >= 0.6 is 0 Å². The van der Waals surface area contributed by atoms with Crippen molar-refractivity contribution in [2.24, 2.45) is 5.73 Å². The predicted octanol–water partition coefficient (Wildman–Crippen LogP) is 1.54. The molecular formula is C13H20FN3O5S. The number of nitro benzene ring substituents is 1. The van der Waals surface area contributed by atoms with Crippen molar-refractivity contribution in [1.29, 1.82) is 0 Å². The normalized spacial score (nSPS) is 12.2. The number of nitrogens with zero attached hydrogens (tertiary/aromatic N) is 1. The Morgan fingerprint density at radius 2 is 1.96 bits per heavy atom. The minimum absolute atomic E-state index is 0.0657. The molecule has 0 aliphatic carbocycles. The highest BCUT2D eigenvalue weighted by molar-refractivity contribution is 7.89. The van der Waals surface area contributed by atoms with Gasteiger partial charge in [-0.25, -0.2) is 17.5 Å². The first-order valence-corrected chi connectivity index (χ1v) is 8.39. The van der Waals surface area contributed by atoms with Crippen molar-refractivity contribution in [3.05, 3.63) is 28.1 Å². The van der Waals surface area contributed by atoms with Gasteiger partial charge < -0.3 is 10.5 Å². The summed E-state index contributed by atoms with van der Waals surface area (Å²) in [5, 5.41) is 10.9. The van der Waals surface area contributed by atoms with Gasteiger partial charge in [-0.3, -0.25) is 10.1 Å². The van der Waals surface area contributed by atoms with Crippen LogP contribution in [0.5, 0.6) is 5.75 Å². The third kappa shape index (κ3) is 4.36. The zero-order valence-electron chi connectivity index (χ0n) is 13.1. The van der Waals surface area contributed by atoms with E-state index in [0.29, 0.717) is 18.9 Å². The van der Waals surface area contributed by atoms with Crippen LogP contribution in [-0.4, -0.2) is 32.5 Å². The molecule has 1 rings (SSSR count). The summed E-state index contributed by atoms with van der Waals surface area (Å²) >= 11 is 0. The van der Waals surface area contributed by atoms with E-state index in [1.807, 2.05) is 13.8 Å². The number of rotatable bonds is 8. The minimum Gasteiger partial charge on any atom is -0.488 e. The molecule has 130 valence electrons. The number of nitro groups is 1. The molecule has 23 heavy (non-hydrogen) atoms. The summed E-state index contributed by atoms with van der Waals surface area (Å²) in [5.74, 6) is -1.75. The van der Waals surface area contributed by atoms with Crippen molar-refractivity contribution in [2.45, 2.75) is 37.1 Å². The molecule has 0 heterocycles. The molecule has 1 aromatic carbocycles. The van der Waals surface area contributed by atoms with E-state index in [1.165, 1.54) is 0 Å². The average Bonchev–Trinajstić information content (AvgIpc) is 2.51. The van der Waals surface area contributed by atoms with Gasteiger partial charge in [-0.05, 0) is 18.9 Å². The van der Waals surface area contributed by atoms with Gasteiger partial charge in [-0.1, -0.05) is 13.8 Å². The third-order valence-electron chi connectivity index (χ3n) is 3.73. The second kappa shape index (κ2) is 7.20. The maximum Gasteiger partial charge on any atom is 0.315 e. The topological polar surface area (TPSA) is 125 Å². The van der Waals surface area contributed by atoms with E-state index in [-0.39, 0.29) is 6.54 Å². The fourth-order valence-corrected chi connectivity index (χ4v) is 3.04. The summed E-state index contributed by atoms with van der Waals surface area (Å²) in [6, 6.07) is 1.42. The summed E-state index contributed by atoms with van der Waals surface area (Å²) in [6.45, 7) is 3.56. The van der Waals surface area contributed by atoms with Crippen LogP contribution in [0.15, 0.2) is 17.0 Å². The molecule has 0 amide bonds. The van der Waals surface area contributed by atoms with Gasteiger partial charge >= 0.3 is 5.69 Å². The Bertz CT molecular complexity index is 689. The molecule has 0 bridgehead atoms. The van der Waals surface area contributed by atoms with E-state index in [4.69, 9.17) is 5.73 Å². The second-order valence-electron chi connectivity index (χ2n) is 5.11. The standard InChI is InChI=1S/C13H20FN3O5S/c1-4-13(15,5-2)8-16-23(20,21)9-6-10(14)12(22-3)11(7-9)17(18)19/h6-7,16H,4-5,8,15H2,1-3H3. The van der Waals surface area contributed by atoms with Crippen molar-refractivity contribution >= 4 is 15.7 Å². The van der Waals surface area contributed by atoms with Gasteiger partial charge in [0.2, 0.25) is 15.8 Å². The van der Waals surface area contributed by atoms with E-state index < -0.39 is 42.6 Å². The van der Waals surface area contributed by atoms with Crippen molar-refractivity contribution in [3.8, 4) is 5.75 Å². The largest absolute Gasteiger partial charge is 0.488 e. The number of hydrogen-bond acceptors (Lipinski definition) is 6. The van der Waals surface area contributed by atoms with Gasteiger partial charge in [-0.15, -0.1) is 0 Å². The third-order valence-corrected chi connectivity index (χ3v) is 5.11. The molecule has 0 aliphatic rings. The molecule has 0 aliphatic heterocycles. The van der Waals surface area contributed by atoms with E-state index in [0.717, 1.165) is 13.2 Å². The van der Waals surface area contributed by atoms with Gasteiger partial charge in [0.25, 0.3) is 0 Å². The Morgan fingerprint density at radius 3 is 2.39 bits per heavy atom. The molecular weight excluding hydrogens is 329 g/mol. The monoisotopic (exact) mass is 349 g/mol. The van der Waals surface area contributed by atoms with Crippen LogP contribution in [0.1, 0.15) is 26.7 Å². The van der Waals surface area contributed by atoms with Crippen LogP contribution in [0, 0.1) is 15.9 Å². The predicted molar refractivity (Wildman–Crippen MR) is 82.3 cm³/mol. The SMILES string of the molecule is CCC(N)(CC)CNS(=O)(=O)c1cc(F)c(OC)c([N+](=O)[O-])c1. The number of methoxy groups -OCH3 is 1. The first-order chi connectivity index (χ1) is 10.6. The summed E-state index contributed by atoms with van der Waals surface area (Å²) < 4.78 is 45.2. The van der Waals surface area contributed by atoms with Gasteiger partial charge in [0.15, 0.2) is 5.82 Å². The van der Waals surface area contributed by atoms with Gasteiger partial charge in [0, 0.05) is 18.2 Å². The van der Waals surface area contributed by atoms with E-state index in [1.54, 1.807) is 0 Å². The lowest BCUT2D eigenvalue weighted by Crippen LogP contribution is -2.49. The summed E-state index contributed by atoms with van der Waals surface area (Å²) in [6.07, 6.45) is 1.06. The minimum atomic E-state index is -4.15. The van der Waals surface area contributed by atoms with Crippen molar-refractivity contribution in [1.82, 2.24) is 4.72 Å². The molecule has 0 radical (unpaired) electrons. The van der Waals surface area contributed by atoms with E-state index >= 15 is 0 Å². The second-order valence-corrected chi connectivity index (χ2v) is 6.88. The molecule has 10 heteroatoms. The number of nitrogens with one attached hydrogen (secondary N) is 1. The maximum absolute atomic E-state index is 13.9. The number of nitrogens with two attached hydrogens (primary N) is 1. The quantitative estimate of drug-likeness (QED) is 0.542. The molecule has 1 aromatic rings. The molecule has 8 nitrogen and oxygen atoms in total. The van der Waals surface area contributed by atoms with E-state index in [2.05, 4.69) is 9.46 Å². The van der Waals surface area contributed by atoms with Crippen molar-refractivity contribution < 1.29 is 22.5 Å². The van der Waals surface area contributed by atoms with Crippen LogP contribution in [0.2, 0.25) is 0 Å². The molecule has 0 spiro atoms. The number of hydrogen-bond donors (Lipinski definition) is 2. The van der Waals surface area contributed by atoms with Crippen molar-refractivity contribution in [3.63, 3.8) is 0 Å². The van der Waals surface area contributed by atoms with Gasteiger partial charge in [0.05, 0.1) is 16.9 Å². The van der Waals surface area contributed by atoms with Crippen LogP contribution in [-0.2, 0) is 10.0 Å². The molecule has 0 saturated heterocycles. The summed E-state index contributed by atoms with van der Waals surface area (Å²) in [7, 11) is -3.09. The number of sulfonamides is 1. The number of benzene rings is 1. The average molecular weight is 349 g/mol. The van der Waals surface area contributed by atoms with E-state index in [9.17, 15) is 22.9 Å². The molecule has 0 fully saturated rings. The number of ether oxygens (including phenoxy) is 1. The van der Waals surface area contributed by atoms with Crippen molar-refractivity contribution in [2.75, 3.05) is 13.7 Å². The summed E-state index contributed by atoms with van der Waals surface area (Å²) in [5.41, 5.74) is 4.49.